The predicted molar refractivity (Wildman–Crippen MR) is 121 cm³/mol. The average Bonchev–Trinajstić information content (AvgIpc) is 3.56. The van der Waals surface area contributed by atoms with E-state index in [0.29, 0.717) is 5.92 Å². The number of carbonyl (C=O) groups excluding carboxylic acids is 1. The van der Waals surface area contributed by atoms with Crippen molar-refractivity contribution in [3.63, 3.8) is 0 Å². The molecule has 0 aromatic carbocycles. The monoisotopic (exact) mass is 447 g/mol. The molecule has 3 aromatic heterocycles. The van der Waals surface area contributed by atoms with Crippen LogP contribution in [0.25, 0.3) is 5.69 Å². The number of rotatable bonds is 8. The Morgan fingerprint density at radius 2 is 2.15 bits per heavy atom. The van der Waals surface area contributed by atoms with Crippen molar-refractivity contribution in [3.05, 3.63) is 65.6 Å². The van der Waals surface area contributed by atoms with E-state index in [1.807, 2.05) is 17.7 Å². The number of hydrogen-bond acceptors (Lipinski definition) is 8. The van der Waals surface area contributed by atoms with Gasteiger partial charge in [-0.2, -0.15) is 5.53 Å². The molecule has 0 saturated heterocycles. The summed E-state index contributed by atoms with van der Waals surface area (Å²) < 4.78 is 1.91. The Balaban J connectivity index is 1.53. The van der Waals surface area contributed by atoms with E-state index in [1.54, 1.807) is 43.7 Å². The zero-order chi connectivity index (χ0) is 23.5. The van der Waals surface area contributed by atoms with Crippen molar-refractivity contribution in [2.24, 2.45) is 5.22 Å². The smallest absolute Gasteiger partial charge is 0.275 e. The summed E-state index contributed by atoms with van der Waals surface area (Å²) in [6.07, 6.45) is 7.72. The van der Waals surface area contributed by atoms with Crippen molar-refractivity contribution in [1.82, 2.24) is 24.5 Å². The molecule has 3 heterocycles. The number of pyridine rings is 2. The molecule has 0 radical (unpaired) electrons. The van der Waals surface area contributed by atoms with E-state index in [4.69, 9.17) is 10.9 Å². The molecule has 33 heavy (non-hydrogen) atoms. The normalized spacial score (nSPS) is 13.9. The average molecular weight is 448 g/mol. The van der Waals surface area contributed by atoms with Crippen LogP contribution in [-0.4, -0.2) is 54.0 Å². The standard InChI is InChI=1S/C22H25N9O2/c1-13-9-25-17(8-19(13)30-10-18(26-12-30)15-6-7-15)22(33)28-20-5-3-4-16(27-20)21(23)31(29-24)14(2)11-32/h3-5,8-10,12,14-15,23-24,32H,6-7,11H2,1-2H3,(H,27,28,33)/t14-/m1/s1. The number of aliphatic hydroxyl groups excluding tert-OH is 1. The minimum Gasteiger partial charge on any atom is -0.394 e. The van der Waals surface area contributed by atoms with Gasteiger partial charge >= 0.3 is 0 Å². The van der Waals surface area contributed by atoms with Crippen LogP contribution in [0.1, 0.15) is 53.1 Å². The molecule has 170 valence electrons. The Labute approximate surface area is 190 Å². The summed E-state index contributed by atoms with van der Waals surface area (Å²) in [7, 11) is 0. The number of nitrogens with one attached hydrogen (secondary N) is 3. The second-order valence-corrected chi connectivity index (χ2v) is 8.02. The molecule has 11 nitrogen and oxygen atoms in total. The maximum absolute atomic E-state index is 12.9. The number of aliphatic hydroxyl groups is 1. The first-order chi connectivity index (χ1) is 15.9. The zero-order valence-corrected chi connectivity index (χ0v) is 18.4. The number of aryl methyl sites for hydroxylation is 1. The molecular formula is C22H25N9O2. The van der Waals surface area contributed by atoms with Gasteiger partial charge in [0.05, 0.1) is 30.4 Å². The van der Waals surface area contributed by atoms with E-state index in [1.165, 1.54) is 0 Å². The first-order valence-corrected chi connectivity index (χ1v) is 10.6. The maximum atomic E-state index is 12.9. The van der Waals surface area contributed by atoms with E-state index in [0.717, 1.165) is 34.8 Å². The number of carbonyl (C=O) groups is 1. The van der Waals surface area contributed by atoms with Gasteiger partial charge in [-0.25, -0.2) is 15.0 Å². The van der Waals surface area contributed by atoms with Gasteiger partial charge in [0.1, 0.15) is 17.2 Å². The molecule has 1 atom stereocenters. The van der Waals surface area contributed by atoms with Crippen molar-refractivity contribution < 1.29 is 9.90 Å². The topological polar surface area (TPSA) is 156 Å². The number of amidine groups is 1. The lowest BCUT2D eigenvalue weighted by atomic mass is 10.2. The highest BCUT2D eigenvalue weighted by atomic mass is 16.3. The van der Waals surface area contributed by atoms with Gasteiger partial charge < -0.3 is 15.0 Å². The van der Waals surface area contributed by atoms with Gasteiger partial charge in [-0.1, -0.05) is 11.3 Å². The third-order valence-electron chi connectivity index (χ3n) is 5.44. The number of anilines is 1. The third-order valence-corrected chi connectivity index (χ3v) is 5.44. The van der Waals surface area contributed by atoms with Gasteiger partial charge in [0.25, 0.3) is 5.91 Å². The summed E-state index contributed by atoms with van der Waals surface area (Å²) in [5, 5.41) is 24.6. The van der Waals surface area contributed by atoms with Crippen LogP contribution in [0.5, 0.6) is 0 Å². The van der Waals surface area contributed by atoms with E-state index >= 15 is 0 Å². The van der Waals surface area contributed by atoms with Crippen molar-refractivity contribution in [3.8, 4) is 5.69 Å². The Morgan fingerprint density at radius 3 is 2.85 bits per heavy atom. The fraction of sp³-hybridized carbons (Fsp3) is 0.318. The molecule has 1 saturated carbocycles. The highest BCUT2D eigenvalue weighted by Crippen LogP contribution is 2.39. The first kappa shape index (κ1) is 22.2. The summed E-state index contributed by atoms with van der Waals surface area (Å²) in [6.45, 7) is 3.28. The number of amides is 1. The van der Waals surface area contributed by atoms with E-state index < -0.39 is 11.9 Å². The van der Waals surface area contributed by atoms with Crippen LogP contribution in [0.3, 0.4) is 0 Å². The van der Waals surface area contributed by atoms with E-state index in [2.05, 4.69) is 25.5 Å². The molecule has 1 aliphatic rings. The van der Waals surface area contributed by atoms with Crippen LogP contribution >= 0.6 is 0 Å². The van der Waals surface area contributed by atoms with Crippen molar-refractivity contribution >= 4 is 17.6 Å². The second kappa shape index (κ2) is 9.25. The first-order valence-electron chi connectivity index (χ1n) is 10.6. The fourth-order valence-corrected chi connectivity index (χ4v) is 3.36. The number of imidazole rings is 1. The van der Waals surface area contributed by atoms with Crippen LogP contribution in [-0.2, 0) is 0 Å². The second-order valence-electron chi connectivity index (χ2n) is 8.02. The van der Waals surface area contributed by atoms with Gasteiger partial charge in [-0.15, -0.1) is 0 Å². The number of aromatic nitrogens is 4. The third kappa shape index (κ3) is 4.77. The van der Waals surface area contributed by atoms with Crippen LogP contribution in [0, 0.1) is 17.9 Å². The number of hydrogen-bond donors (Lipinski definition) is 4. The Hall–Kier alpha value is -3.99. The molecule has 1 fully saturated rings. The molecule has 0 aliphatic heterocycles. The zero-order valence-electron chi connectivity index (χ0n) is 18.4. The molecule has 0 spiro atoms. The molecule has 1 aliphatic carbocycles. The molecule has 11 heteroatoms. The lowest BCUT2D eigenvalue weighted by molar-refractivity contribution is 0.102. The lowest BCUT2D eigenvalue weighted by Crippen LogP contribution is -2.36. The molecule has 4 N–H and O–H groups in total. The summed E-state index contributed by atoms with van der Waals surface area (Å²) >= 11 is 0. The SMILES string of the molecule is Cc1cnc(C(=O)Nc2cccc(C(=N)N(N=N)[C@H](C)CO)n2)cc1-n1cnc(C2CC2)c1. The van der Waals surface area contributed by atoms with Gasteiger partial charge in [-0.05, 0) is 50.5 Å². The summed E-state index contributed by atoms with van der Waals surface area (Å²) in [4.78, 5) is 25.9. The van der Waals surface area contributed by atoms with Gasteiger partial charge in [-0.3, -0.25) is 15.2 Å². The lowest BCUT2D eigenvalue weighted by Gasteiger charge is -2.22. The van der Waals surface area contributed by atoms with Gasteiger partial charge in [0.2, 0.25) is 0 Å². The molecule has 0 bridgehead atoms. The largest absolute Gasteiger partial charge is 0.394 e. The molecule has 1 amide bonds. The quantitative estimate of drug-likeness (QED) is 0.180. The van der Waals surface area contributed by atoms with Crippen molar-refractivity contribution in [2.75, 3.05) is 11.9 Å². The predicted octanol–water partition coefficient (Wildman–Crippen LogP) is 3.05. The van der Waals surface area contributed by atoms with Gasteiger partial charge in [0.15, 0.2) is 5.84 Å². The van der Waals surface area contributed by atoms with Crippen LogP contribution in [0.2, 0.25) is 0 Å². The van der Waals surface area contributed by atoms with Crippen LogP contribution in [0.15, 0.2) is 48.2 Å². The van der Waals surface area contributed by atoms with E-state index in [9.17, 15) is 9.90 Å². The van der Waals surface area contributed by atoms with E-state index in [-0.39, 0.29) is 29.6 Å². The van der Waals surface area contributed by atoms with Crippen molar-refractivity contribution in [1.29, 1.82) is 10.9 Å². The van der Waals surface area contributed by atoms with Crippen molar-refractivity contribution in [2.45, 2.75) is 38.6 Å². The van der Waals surface area contributed by atoms with Crippen LogP contribution < -0.4 is 5.32 Å². The Kier molecular flexibility index (Phi) is 6.22. The molecule has 4 rings (SSSR count). The number of nitrogens with zero attached hydrogens (tertiary/aromatic N) is 6. The fourth-order valence-electron chi connectivity index (χ4n) is 3.36. The minimum atomic E-state index is -0.561. The van der Waals surface area contributed by atoms with Crippen LogP contribution in [0.4, 0.5) is 5.82 Å². The molecular weight excluding hydrogens is 422 g/mol. The highest BCUT2D eigenvalue weighted by molar-refractivity contribution is 6.03. The minimum absolute atomic E-state index is 0.162. The Morgan fingerprint density at radius 1 is 1.36 bits per heavy atom. The summed E-state index contributed by atoms with van der Waals surface area (Å²) in [5.74, 6) is 0.157. The summed E-state index contributed by atoms with van der Waals surface area (Å²) in [5.41, 5.74) is 10.5. The maximum Gasteiger partial charge on any atom is 0.275 e. The van der Waals surface area contributed by atoms with Gasteiger partial charge in [0, 0.05) is 18.3 Å². The Bertz CT molecular complexity index is 1200. The molecule has 3 aromatic rings. The molecule has 0 unspecified atom stereocenters. The highest BCUT2D eigenvalue weighted by Gasteiger charge is 2.26. The summed E-state index contributed by atoms with van der Waals surface area (Å²) in [6, 6.07) is 5.95.